The Kier molecular flexibility index (Phi) is 6.06. The lowest BCUT2D eigenvalue weighted by Gasteiger charge is -2.35. The lowest BCUT2D eigenvalue weighted by molar-refractivity contribution is -0.147. The van der Waals surface area contributed by atoms with Crippen molar-refractivity contribution in [2.75, 3.05) is 19.6 Å². The molecule has 2 rings (SSSR count). The van der Waals surface area contributed by atoms with Crippen molar-refractivity contribution in [1.82, 2.24) is 10.2 Å². The average molecular weight is 296 g/mol. The van der Waals surface area contributed by atoms with E-state index in [0.29, 0.717) is 0 Å². The van der Waals surface area contributed by atoms with Gasteiger partial charge in [-0.25, -0.2) is 0 Å². The molecule has 2 aliphatic rings. The molecule has 2 N–H and O–H groups in total. The maximum absolute atomic E-state index is 11.9. The molecule has 0 radical (unpaired) electrons. The molecule has 2 fully saturated rings. The minimum atomic E-state index is -0.681. The molecule has 0 aromatic carbocycles. The first-order chi connectivity index (χ1) is 10.0. The molecular weight excluding hydrogens is 264 g/mol. The molecule has 0 aromatic heterocycles. The molecule has 122 valence electrons. The van der Waals surface area contributed by atoms with Crippen molar-refractivity contribution in [3.05, 3.63) is 0 Å². The third-order valence-electron chi connectivity index (χ3n) is 5.24. The number of carbonyl (C=O) groups is 1. The second-order valence-corrected chi connectivity index (χ2v) is 7.21. The maximum atomic E-state index is 11.9. The Morgan fingerprint density at radius 1 is 1.24 bits per heavy atom. The van der Waals surface area contributed by atoms with Gasteiger partial charge in [0.25, 0.3) is 0 Å². The van der Waals surface area contributed by atoms with Crippen molar-refractivity contribution in [2.45, 2.75) is 76.8 Å². The summed E-state index contributed by atoms with van der Waals surface area (Å²) in [4.78, 5) is 14.4. The van der Waals surface area contributed by atoms with E-state index in [0.717, 1.165) is 32.2 Å². The zero-order chi connectivity index (χ0) is 15.3. The molecular formula is C17H32N2O2. The lowest BCUT2D eigenvalue weighted by Crippen LogP contribution is -2.57. The number of rotatable bonds is 6. The second kappa shape index (κ2) is 7.59. The highest BCUT2D eigenvalue weighted by molar-refractivity contribution is 5.79. The van der Waals surface area contributed by atoms with Crippen molar-refractivity contribution >= 4 is 5.97 Å². The standard InChI is InChI=1S/C17H32N2O2/c1-14(2)18-17(16(20)21)10-7-8-15(17)9-13-19-11-5-3-4-6-12-19/h14-15,18H,3-13H2,1-2H3,(H,20,21). The van der Waals surface area contributed by atoms with Gasteiger partial charge in [-0.05, 0) is 71.5 Å². The van der Waals surface area contributed by atoms with Gasteiger partial charge in [0.1, 0.15) is 5.54 Å². The molecule has 0 aromatic rings. The van der Waals surface area contributed by atoms with E-state index in [1.54, 1.807) is 0 Å². The minimum Gasteiger partial charge on any atom is -0.480 e. The Bertz CT molecular complexity index is 338. The highest BCUT2D eigenvalue weighted by Gasteiger charge is 2.49. The Morgan fingerprint density at radius 3 is 2.48 bits per heavy atom. The first-order valence-corrected chi connectivity index (χ1v) is 8.78. The third-order valence-corrected chi connectivity index (χ3v) is 5.24. The van der Waals surface area contributed by atoms with Crippen LogP contribution < -0.4 is 5.32 Å². The molecule has 1 saturated heterocycles. The predicted octanol–water partition coefficient (Wildman–Crippen LogP) is 2.87. The Morgan fingerprint density at radius 2 is 1.90 bits per heavy atom. The second-order valence-electron chi connectivity index (χ2n) is 7.21. The number of hydrogen-bond donors (Lipinski definition) is 2. The van der Waals surface area contributed by atoms with Crippen LogP contribution in [-0.2, 0) is 4.79 Å². The highest BCUT2D eigenvalue weighted by atomic mass is 16.4. The number of nitrogens with one attached hydrogen (secondary N) is 1. The van der Waals surface area contributed by atoms with Gasteiger partial charge < -0.3 is 10.0 Å². The van der Waals surface area contributed by atoms with Gasteiger partial charge in [0.05, 0.1) is 0 Å². The fourth-order valence-corrected chi connectivity index (χ4v) is 4.22. The van der Waals surface area contributed by atoms with Gasteiger partial charge in [-0.3, -0.25) is 10.1 Å². The summed E-state index contributed by atoms with van der Waals surface area (Å²) in [7, 11) is 0. The molecule has 21 heavy (non-hydrogen) atoms. The zero-order valence-electron chi connectivity index (χ0n) is 13.7. The maximum Gasteiger partial charge on any atom is 0.324 e. The number of carboxylic acid groups (broad SMARTS) is 1. The van der Waals surface area contributed by atoms with Crippen LogP contribution in [0.15, 0.2) is 0 Å². The van der Waals surface area contributed by atoms with Gasteiger partial charge in [-0.15, -0.1) is 0 Å². The number of carboxylic acids is 1. The largest absolute Gasteiger partial charge is 0.480 e. The van der Waals surface area contributed by atoms with Crippen LogP contribution in [0.25, 0.3) is 0 Å². The molecule has 4 heteroatoms. The van der Waals surface area contributed by atoms with Gasteiger partial charge in [-0.2, -0.15) is 0 Å². The van der Waals surface area contributed by atoms with Gasteiger partial charge in [0.2, 0.25) is 0 Å². The van der Waals surface area contributed by atoms with Crippen LogP contribution in [0, 0.1) is 5.92 Å². The average Bonchev–Trinajstić information content (AvgIpc) is 2.66. The summed E-state index contributed by atoms with van der Waals surface area (Å²) in [6.45, 7) is 7.57. The van der Waals surface area contributed by atoms with Gasteiger partial charge in [-0.1, -0.05) is 19.3 Å². The first-order valence-electron chi connectivity index (χ1n) is 8.78. The fraction of sp³-hybridized carbons (Fsp3) is 0.941. The monoisotopic (exact) mass is 296 g/mol. The van der Waals surface area contributed by atoms with E-state index in [1.807, 2.05) is 0 Å². The van der Waals surface area contributed by atoms with Crippen LogP contribution in [0.1, 0.15) is 65.2 Å². The SMILES string of the molecule is CC(C)NC1(C(=O)O)CCCC1CCN1CCCCCC1. The predicted molar refractivity (Wildman–Crippen MR) is 85.5 cm³/mol. The quantitative estimate of drug-likeness (QED) is 0.791. The van der Waals surface area contributed by atoms with Crippen LogP contribution in [-0.4, -0.2) is 47.2 Å². The summed E-state index contributed by atoms with van der Waals surface area (Å²) in [5, 5.41) is 13.2. The van der Waals surface area contributed by atoms with E-state index in [2.05, 4.69) is 24.1 Å². The van der Waals surface area contributed by atoms with Crippen molar-refractivity contribution in [1.29, 1.82) is 0 Å². The van der Waals surface area contributed by atoms with Crippen LogP contribution in [0.5, 0.6) is 0 Å². The van der Waals surface area contributed by atoms with Gasteiger partial charge >= 0.3 is 5.97 Å². The van der Waals surface area contributed by atoms with Gasteiger partial charge in [0.15, 0.2) is 0 Å². The van der Waals surface area contributed by atoms with Crippen molar-refractivity contribution < 1.29 is 9.90 Å². The summed E-state index contributed by atoms with van der Waals surface area (Å²) in [5.74, 6) is -0.366. The summed E-state index contributed by atoms with van der Waals surface area (Å²) in [5.41, 5.74) is -0.681. The fourth-order valence-electron chi connectivity index (χ4n) is 4.22. The van der Waals surface area contributed by atoms with Gasteiger partial charge in [0, 0.05) is 6.04 Å². The number of hydrogen-bond acceptors (Lipinski definition) is 3. The Labute approximate surface area is 129 Å². The molecule has 4 nitrogen and oxygen atoms in total. The van der Waals surface area contributed by atoms with E-state index in [4.69, 9.17) is 0 Å². The molecule has 1 saturated carbocycles. The molecule has 1 aliphatic carbocycles. The van der Waals surface area contributed by atoms with E-state index < -0.39 is 11.5 Å². The van der Waals surface area contributed by atoms with Crippen LogP contribution in [0.2, 0.25) is 0 Å². The molecule has 2 atom stereocenters. The number of aliphatic carboxylic acids is 1. The topological polar surface area (TPSA) is 52.6 Å². The first kappa shape index (κ1) is 16.8. The third kappa shape index (κ3) is 4.19. The summed E-state index contributed by atoms with van der Waals surface area (Å²) in [6, 6.07) is 0.222. The van der Waals surface area contributed by atoms with E-state index in [-0.39, 0.29) is 12.0 Å². The summed E-state index contributed by atoms with van der Waals surface area (Å²) >= 11 is 0. The summed E-state index contributed by atoms with van der Waals surface area (Å²) < 4.78 is 0. The molecule has 1 aliphatic heterocycles. The van der Waals surface area contributed by atoms with Crippen molar-refractivity contribution in [2.24, 2.45) is 5.92 Å². The number of nitrogens with zero attached hydrogens (tertiary/aromatic N) is 1. The van der Waals surface area contributed by atoms with Crippen molar-refractivity contribution in [3.63, 3.8) is 0 Å². The zero-order valence-corrected chi connectivity index (χ0v) is 13.7. The van der Waals surface area contributed by atoms with E-state index in [1.165, 1.54) is 38.8 Å². The normalized spacial score (nSPS) is 31.5. The highest BCUT2D eigenvalue weighted by Crippen LogP contribution is 2.39. The summed E-state index contributed by atoms with van der Waals surface area (Å²) in [6.07, 6.45) is 9.22. The lowest BCUT2D eigenvalue weighted by atomic mass is 9.83. The molecule has 0 spiro atoms. The van der Waals surface area contributed by atoms with Crippen LogP contribution in [0.4, 0.5) is 0 Å². The molecule has 1 heterocycles. The smallest absolute Gasteiger partial charge is 0.324 e. The Hall–Kier alpha value is -0.610. The van der Waals surface area contributed by atoms with Crippen molar-refractivity contribution in [3.8, 4) is 0 Å². The molecule has 0 bridgehead atoms. The Balaban J connectivity index is 1.94. The number of likely N-dealkylation sites (tertiary alicyclic amines) is 1. The van der Waals surface area contributed by atoms with Crippen LogP contribution >= 0.6 is 0 Å². The molecule has 2 unspecified atom stereocenters. The molecule has 0 amide bonds. The van der Waals surface area contributed by atoms with E-state index in [9.17, 15) is 9.90 Å². The minimum absolute atomic E-state index is 0.222. The van der Waals surface area contributed by atoms with E-state index >= 15 is 0 Å². The van der Waals surface area contributed by atoms with Crippen LogP contribution in [0.3, 0.4) is 0 Å².